The number of carbonyl (C=O) groups is 1. The lowest BCUT2D eigenvalue weighted by molar-refractivity contribution is -0.132. The minimum atomic E-state index is -0.0684. The molecule has 0 spiro atoms. The lowest BCUT2D eigenvalue weighted by atomic mass is 10.1. The van der Waals surface area contributed by atoms with Crippen molar-refractivity contribution in [2.24, 2.45) is 0 Å². The SMILES string of the molecule is Cc1ccc(OC2CCN(C(=O)COc3ccc(-c4ccccc4)cc3)C2)nn1. The molecule has 1 aliphatic rings. The summed E-state index contributed by atoms with van der Waals surface area (Å²) in [5.41, 5.74) is 3.11. The summed E-state index contributed by atoms with van der Waals surface area (Å²) in [5, 5.41) is 8.00. The Morgan fingerprint density at radius 1 is 1.00 bits per heavy atom. The molecule has 1 unspecified atom stereocenters. The second-order valence-electron chi connectivity index (χ2n) is 7.06. The van der Waals surface area contributed by atoms with E-state index >= 15 is 0 Å². The Kier molecular flexibility index (Phi) is 5.70. The molecule has 0 aliphatic carbocycles. The van der Waals surface area contributed by atoms with E-state index in [-0.39, 0.29) is 18.6 Å². The van der Waals surface area contributed by atoms with Crippen LogP contribution in [0.1, 0.15) is 12.1 Å². The van der Waals surface area contributed by atoms with Crippen molar-refractivity contribution in [2.75, 3.05) is 19.7 Å². The van der Waals surface area contributed by atoms with Crippen molar-refractivity contribution in [3.05, 3.63) is 72.4 Å². The molecule has 148 valence electrons. The molecule has 2 heterocycles. The Bertz CT molecular complexity index is 943. The molecule has 0 bridgehead atoms. The molecule has 6 nitrogen and oxygen atoms in total. The smallest absolute Gasteiger partial charge is 0.260 e. The number of carbonyl (C=O) groups excluding carboxylic acids is 1. The molecule has 0 saturated carbocycles. The van der Waals surface area contributed by atoms with Crippen LogP contribution in [0.5, 0.6) is 11.6 Å². The standard InChI is InChI=1S/C23H23N3O3/c1-17-7-12-22(25-24-17)29-21-13-14-26(15-21)23(27)16-28-20-10-8-19(9-11-20)18-5-3-2-4-6-18/h2-12,21H,13-16H2,1H3. The van der Waals surface area contributed by atoms with Crippen LogP contribution in [-0.2, 0) is 4.79 Å². The number of hydrogen-bond donors (Lipinski definition) is 0. The van der Waals surface area contributed by atoms with Crippen LogP contribution in [0.2, 0.25) is 0 Å². The highest BCUT2D eigenvalue weighted by molar-refractivity contribution is 5.78. The van der Waals surface area contributed by atoms with Gasteiger partial charge in [-0.2, -0.15) is 5.10 Å². The number of amides is 1. The van der Waals surface area contributed by atoms with Crippen molar-refractivity contribution in [2.45, 2.75) is 19.4 Å². The van der Waals surface area contributed by atoms with Gasteiger partial charge in [-0.3, -0.25) is 4.79 Å². The normalized spacial score (nSPS) is 15.9. The molecule has 1 aromatic heterocycles. The zero-order chi connectivity index (χ0) is 20.1. The summed E-state index contributed by atoms with van der Waals surface area (Å²) in [6, 6.07) is 21.6. The van der Waals surface area contributed by atoms with E-state index in [9.17, 15) is 4.79 Å². The van der Waals surface area contributed by atoms with E-state index in [1.54, 1.807) is 11.0 Å². The van der Waals surface area contributed by atoms with Gasteiger partial charge in [0.2, 0.25) is 5.88 Å². The van der Waals surface area contributed by atoms with Crippen molar-refractivity contribution >= 4 is 5.91 Å². The Balaban J connectivity index is 1.26. The predicted octanol–water partition coefficient (Wildman–Crippen LogP) is 3.51. The number of likely N-dealkylation sites (tertiary alicyclic amines) is 1. The zero-order valence-electron chi connectivity index (χ0n) is 16.3. The third kappa shape index (κ3) is 4.90. The Morgan fingerprint density at radius 2 is 1.76 bits per heavy atom. The number of aryl methyl sites for hydroxylation is 1. The largest absolute Gasteiger partial charge is 0.484 e. The van der Waals surface area contributed by atoms with E-state index in [0.717, 1.165) is 23.2 Å². The van der Waals surface area contributed by atoms with Gasteiger partial charge in [0.05, 0.1) is 12.2 Å². The molecule has 1 aliphatic heterocycles. The third-order valence-electron chi connectivity index (χ3n) is 4.88. The van der Waals surface area contributed by atoms with Crippen molar-refractivity contribution in [3.63, 3.8) is 0 Å². The lowest BCUT2D eigenvalue weighted by Crippen LogP contribution is -2.34. The molecule has 29 heavy (non-hydrogen) atoms. The van der Waals surface area contributed by atoms with Gasteiger partial charge in [0.1, 0.15) is 11.9 Å². The summed E-state index contributed by atoms with van der Waals surface area (Å²) in [7, 11) is 0. The Morgan fingerprint density at radius 3 is 2.48 bits per heavy atom. The molecule has 0 N–H and O–H groups in total. The van der Waals surface area contributed by atoms with Gasteiger partial charge in [0, 0.05) is 19.0 Å². The number of rotatable bonds is 6. The second-order valence-corrected chi connectivity index (χ2v) is 7.06. The highest BCUT2D eigenvalue weighted by Gasteiger charge is 2.28. The van der Waals surface area contributed by atoms with Crippen LogP contribution in [0.15, 0.2) is 66.7 Å². The van der Waals surface area contributed by atoms with Crippen LogP contribution < -0.4 is 9.47 Å². The molecule has 1 amide bonds. The molecule has 6 heteroatoms. The molecule has 1 fully saturated rings. The van der Waals surface area contributed by atoms with Crippen LogP contribution in [0.25, 0.3) is 11.1 Å². The van der Waals surface area contributed by atoms with E-state index in [0.29, 0.717) is 24.7 Å². The van der Waals surface area contributed by atoms with Gasteiger partial charge in [-0.15, -0.1) is 5.10 Å². The van der Waals surface area contributed by atoms with Crippen LogP contribution >= 0.6 is 0 Å². The fraction of sp³-hybridized carbons (Fsp3) is 0.261. The van der Waals surface area contributed by atoms with Crippen molar-refractivity contribution in [1.29, 1.82) is 0 Å². The average molecular weight is 389 g/mol. The Hall–Kier alpha value is -3.41. The van der Waals surface area contributed by atoms with Gasteiger partial charge in [-0.25, -0.2) is 0 Å². The fourth-order valence-corrected chi connectivity index (χ4v) is 3.28. The second kappa shape index (κ2) is 8.73. The molecular formula is C23H23N3O3. The quantitative estimate of drug-likeness (QED) is 0.646. The maximum absolute atomic E-state index is 12.5. The summed E-state index contributed by atoms with van der Waals surface area (Å²) >= 11 is 0. The predicted molar refractivity (Wildman–Crippen MR) is 110 cm³/mol. The van der Waals surface area contributed by atoms with Gasteiger partial charge >= 0.3 is 0 Å². The first-order valence-electron chi connectivity index (χ1n) is 9.70. The van der Waals surface area contributed by atoms with E-state index in [4.69, 9.17) is 9.47 Å². The summed E-state index contributed by atoms with van der Waals surface area (Å²) in [6.07, 6.45) is 0.702. The average Bonchev–Trinajstić information content (AvgIpc) is 3.23. The van der Waals surface area contributed by atoms with Gasteiger partial charge < -0.3 is 14.4 Å². The van der Waals surface area contributed by atoms with Gasteiger partial charge in [0.25, 0.3) is 5.91 Å². The molecule has 3 aromatic rings. The van der Waals surface area contributed by atoms with Gasteiger partial charge in [0.15, 0.2) is 6.61 Å². The van der Waals surface area contributed by atoms with Crippen LogP contribution in [-0.4, -0.2) is 46.8 Å². The number of nitrogens with zero attached hydrogens (tertiary/aromatic N) is 3. The summed E-state index contributed by atoms with van der Waals surface area (Å²) in [5.74, 6) is 1.13. The molecule has 4 rings (SSSR count). The minimum Gasteiger partial charge on any atom is -0.484 e. The van der Waals surface area contributed by atoms with Crippen LogP contribution in [0.4, 0.5) is 0 Å². The van der Waals surface area contributed by atoms with Crippen molar-refractivity contribution in [1.82, 2.24) is 15.1 Å². The fourth-order valence-electron chi connectivity index (χ4n) is 3.28. The summed E-state index contributed by atoms with van der Waals surface area (Å²) in [4.78, 5) is 14.2. The summed E-state index contributed by atoms with van der Waals surface area (Å²) in [6.45, 7) is 3.08. The van der Waals surface area contributed by atoms with E-state index in [2.05, 4.69) is 22.3 Å². The van der Waals surface area contributed by atoms with Crippen molar-refractivity contribution in [3.8, 4) is 22.8 Å². The van der Waals surface area contributed by atoms with E-state index in [1.165, 1.54) is 0 Å². The van der Waals surface area contributed by atoms with E-state index in [1.807, 2.05) is 55.5 Å². The lowest BCUT2D eigenvalue weighted by Gasteiger charge is -2.17. The number of ether oxygens (including phenoxy) is 2. The maximum atomic E-state index is 12.5. The Labute approximate surface area is 170 Å². The first-order valence-corrected chi connectivity index (χ1v) is 9.70. The highest BCUT2D eigenvalue weighted by Crippen LogP contribution is 2.22. The van der Waals surface area contributed by atoms with Crippen LogP contribution in [0, 0.1) is 6.92 Å². The van der Waals surface area contributed by atoms with Gasteiger partial charge in [-0.05, 0) is 36.2 Å². The van der Waals surface area contributed by atoms with Crippen molar-refractivity contribution < 1.29 is 14.3 Å². The summed E-state index contributed by atoms with van der Waals surface area (Å²) < 4.78 is 11.5. The van der Waals surface area contributed by atoms with Crippen LogP contribution in [0.3, 0.4) is 0 Å². The number of hydrogen-bond acceptors (Lipinski definition) is 5. The molecule has 0 radical (unpaired) electrons. The molecule has 1 saturated heterocycles. The first-order chi connectivity index (χ1) is 14.2. The van der Waals surface area contributed by atoms with Gasteiger partial charge in [-0.1, -0.05) is 42.5 Å². The molecule has 2 aromatic carbocycles. The maximum Gasteiger partial charge on any atom is 0.260 e. The molecular weight excluding hydrogens is 366 g/mol. The first kappa shape index (κ1) is 18.9. The van der Waals surface area contributed by atoms with E-state index < -0.39 is 0 Å². The third-order valence-corrected chi connectivity index (χ3v) is 4.88. The topological polar surface area (TPSA) is 64.5 Å². The molecule has 1 atom stereocenters. The number of benzene rings is 2. The highest BCUT2D eigenvalue weighted by atomic mass is 16.5. The number of aromatic nitrogens is 2. The minimum absolute atomic E-state index is 0.0156. The monoisotopic (exact) mass is 389 g/mol. The zero-order valence-corrected chi connectivity index (χ0v) is 16.3.